The average molecular weight is 395 g/mol. The predicted molar refractivity (Wildman–Crippen MR) is 111 cm³/mol. The summed E-state index contributed by atoms with van der Waals surface area (Å²) < 4.78 is 6.90. The molecule has 152 valence electrons. The molecule has 0 amide bonds. The maximum Gasteiger partial charge on any atom is 0.260 e. The van der Waals surface area contributed by atoms with Gasteiger partial charge >= 0.3 is 0 Å². The number of aliphatic hydroxyl groups excluding tert-OH is 1. The molecular weight excluding hydrogens is 370 g/mol. The third-order valence-corrected chi connectivity index (χ3v) is 5.80. The van der Waals surface area contributed by atoms with Crippen molar-refractivity contribution in [2.75, 3.05) is 19.5 Å². The first-order chi connectivity index (χ1) is 14.0. The number of nitrogens with zero attached hydrogens (tertiary/aromatic N) is 4. The van der Waals surface area contributed by atoms with Crippen molar-refractivity contribution in [1.82, 2.24) is 19.5 Å². The van der Waals surface area contributed by atoms with Crippen LogP contribution >= 0.6 is 0 Å². The number of pyridine rings is 2. The maximum absolute atomic E-state index is 13.6. The number of nitrogens with two attached hydrogens (primary N) is 1. The van der Waals surface area contributed by atoms with E-state index in [4.69, 9.17) is 10.5 Å². The van der Waals surface area contributed by atoms with Crippen molar-refractivity contribution in [3.63, 3.8) is 0 Å². The Morgan fingerprint density at radius 2 is 2.00 bits per heavy atom. The molecule has 0 spiro atoms. The molecule has 1 aliphatic rings. The van der Waals surface area contributed by atoms with Crippen molar-refractivity contribution in [2.45, 2.75) is 38.6 Å². The molecule has 0 aromatic carbocycles. The second kappa shape index (κ2) is 7.79. The number of hydrogen-bond donors (Lipinski definition) is 2. The highest BCUT2D eigenvalue weighted by atomic mass is 16.5. The minimum Gasteiger partial charge on any atom is -0.481 e. The minimum absolute atomic E-state index is 0.00709. The molecule has 8 heteroatoms. The zero-order valence-electron chi connectivity index (χ0n) is 16.6. The van der Waals surface area contributed by atoms with E-state index in [1.54, 1.807) is 23.9 Å². The normalized spacial score (nSPS) is 19.4. The summed E-state index contributed by atoms with van der Waals surface area (Å²) >= 11 is 0. The summed E-state index contributed by atoms with van der Waals surface area (Å²) in [4.78, 5) is 26.5. The molecule has 0 atom stereocenters. The van der Waals surface area contributed by atoms with Gasteiger partial charge in [-0.3, -0.25) is 9.36 Å². The van der Waals surface area contributed by atoms with Gasteiger partial charge in [0.1, 0.15) is 5.65 Å². The number of anilines is 1. The molecule has 0 radical (unpaired) electrons. The van der Waals surface area contributed by atoms with E-state index in [1.165, 1.54) is 0 Å². The highest BCUT2D eigenvalue weighted by molar-refractivity contribution is 5.84. The molecule has 0 unspecified atom stereocenters. The Morgan fingerprint density at radius 1 is 1.24 bits per heavy atom. The van der Waals surface area contributed by atoms with Gasteiger partial charge in [-0.05, 0) is 50.7 Å². The summed E-state index contributed by atoms with van der Waals surface area (Å²) in [5.41, 5.74) is 8.35. The van der Waals surface area contributed by atoms with Crippen LogP contribution in [0.5, 0.6) is 5.88 Å². The van der Waals surface area contributed by atoms with Crippen LogP contribution in [0.25, 0.3) is 22.2 Å². The number of ether oxygens (including phenoxy) is 1. The molecule has 1 aliphatic carbocycles. The van der Waals surface area contributed by atoms with E-state index < -0.39 is 0 Å². The molecular formula is C21H25N5O3. The molecule has 0 aliphatic heterocycles. The van der Waals surface area contributed by atoms with Crippen LogP contribution < -0.4 is 16.0 Å². The van der Waals surface area contributed by atoms with Gasteiger partial charge in [-0.1, -0.05) is 0 Å². The molecule has 1 saturated carbocycles. The topological polar surface area (TPSA) is 116 Å². The average Bonchev–Trinajstić information content (AvgIpc) is 2.74. The summed E-state index contributed by atoms with van der Waals surface area (Å²) in [6.45, 7) is 2.06. The van der Waals surface area contributed by atoms with Crippen LogP contribution in [0.3, 0.4) is 0 Å². The van der Waals surface area contributed by atoms with Gasteiger partial charge in [-0.15, -0.1) is 0 Å². The molecule has 0 bridgehead atoms. The fourth-order valence-corrected chi connectivity index (χ4v) is 4.16. The number of hydrogen-bond acceptors (Lipinski definition) is 7. The van der Waals surface area contributed by atoms with Crippen LogP contribution in [-0.2, 0) is 0 Å². The zero-order chi connectivity index (χ0) is 20.5. The molecule has 8 nitrogen and oxygen atoms in total. The van der Waals surface area contributed by atoms with Crippen LogP contribution in [0.15, 0.2) is 29.2 Å². The van der Waals surface area contributed by atoms with Gasteiger partial charge in [0.2, 0.25) is 11.8 Å². The van der Waals surface area contributed by atoms with Crippen molar-refractivity contribution >= 4 is 17.0 Å². The lowest BCUT2D eigenvalue weighted by Gasteiger charge is -2.30. The number of methoxy groups -OCH3 is 1. The fraction of sp³-hybridized carbons (Fsp3) is 0.429. The molecule has 29 heavy (non-hydrogen) atoms. The minimum atomic E-state index is -0.116. The molecule has 3 aromatic rings. The third-order valence-electron chi connectivity index (χ3n) is 5.80. The van der Waals surface area contributed by atoms with Crippen molar-refractivity contribution < 1.29 is 9.84 Å². The van der Waals surface area contributed by atoms with E-state index >= 15 is 0 Å². The Kier molecular flexibility index (Phi) is 5.19. The van der Waals surface area contributed by atoms with Crippen LogP contribution in [0.1, 0.15) is 37.4 Å². The molecule has 3 heterocycles. The van der Waals surface area contributed by atoms with E-state index in [2.05, 4.69) is 15.0 Å². The van der Waals surface area contributed by atoms with Gasteiger partial charge in [0.05, 0.1) is 12.8 Å². The first kappa shape index (κ1) is 19.3. The molecule has 1 fully saturated rings. The van der Waals surface area contributed by atoms with Crippen LogP contribution in [0.4, 0.5) is 5.95 Å². The predicted octanol–water partition coefficient (Wildman–Crippen LogP) is 2.48. The van der Waals surface area contributed by atoms with E-state index in [9.17, 15) is 9.90 Å². The summed E-state index contributed by atoms with van der Waals surface area (Å²) in [7, 11) is 1.55. The van der Waals surface area contributed by atoms with Crippen molar-refractivity contribution in [3.8, 4) is 17.0 Å². The molecule has 0 saturated heterocycles. The van der Waals surface area contributed by atoms with Crippen LogP contribution in [-0.4, -0.2) is 38.3 Å². The lowest BCUT2D eigenvalue weighted by molar-refractivity contribution is 0.169. The van der Waals surface area contributed by atoms with Crippen LogP contribution in [0.2, 0.25) is 0 Å². The van der Waals surface area contributed by atoms with Gasteiger partial charge in [0.25, 0.3) is 5.56 Å². The largest absolute Gasteiger partial charge is 0.481 e. The number of aliphatic hydroxyl groups is 1. The lowest BCUT2D eigenvalue weighted by Crippen LogP contribution is -2.30. The summed E-state index contributed by atoms with van der Waals surface area (Å²) in [6.07, 6.45) is 5.02. The first-order valence-corrected chi connectivity index (χ1v) is 9.82. The van der Waals surface area contributed by atoms with Crippen molar-refractivity contribution in [2.24, 2.45) is 5.92 Å². The second-order valence-electron chi connectivity index (χ2n) is 7.58. The zero-order valence-corrected chi connectivity index (χ0v) is 16.6. The summed E-state index contributed by atoms with van der Waals surface area (Å²) in [6, 6.07) is 5.40. The third kappa shape index (κ3) is 3.55. The standard InChI is InChI=1S/C21H25N5O3/c1-12-16-9-17(14-5-8-18(29-2)23-10-14)20(28)26(19(16)25-21(22)24-12)15-6-3-13(11-27)4-7-15/h5,8-10,13,15,27H,3-4,6-7,11H2,1-2H3,(H2,22,24,25). The van der Waals surface area contributed by atoms with Gasteiger partial charge in [-0.2, -0.15) is 4.98 Å². The summed E-state index contributed by atoms with van der Waals surface area (Å²) in [5, 5.41) is 10.3. The quantitative estimate of drug-likeness (QED) is 0.697. The number of rotatable bonds is 4. The molecule has 3 N–H and O–H groups in total. The Bertz CT molecular complexity index is 1090. The highest BCUT2D eigenvalue weighted by Gasteiger charge is 2.26. The Hall–Kier alpha value is -3.00. The number of fused-ring (bicyclic) bond motifs is 1. The Balaban J connectivity index is 1.92. The SMILES string of the molecule is COc1ccc(-c2cc3c(C)nc(N)nc3n(C3CCC(CO)CC3)c2=O)cn1. The van der Waals surface area contributed by atoms with Crippen molar-refractivity contribution in [3.05, 3.63) is 40.4 Å². The Morgan fingerprint density at radius 3 is 2.62 bits per heavy atom. The molecule has 4 rings (SSSR count). The first-order valence-electron chi connectivity index (χ1n) is 9.82. The maximum atomic E-state index is 13.6. The van der Waals surface area contributed by atoms with Gasteiger partial charge in [0, 0.05) is 41.4 Å². The van der Waals surface area contributed by atoms with Gasteiger partial charge < -0.3 is 15.6 Å². The van der Waals surface area contributed by atoms with Crippen LogP contribution in [0, 0.1) is 12.8 Å². The van der Waals surface area contributed by atoms with Gasteiger partial charge in [0.15, 0.2) is 0 Å². The molecule has 3 aromatic heterocycles. The van der Waals surface area contributed by atoms with Gasteiger partial charge in [-0.25, -0.2) is 9.97 Å². The number of aromatic nitrogens is 4. The van der Waals surface area contributed by atoms with E-state index in [0.29, 0.717) is 28.6 Å². The fourth-order valence-electron chi connectivity index (χ4n) is 4.16. The summed E-state index contributed by atoms with van der Waals surface area (Å²) in [5.74, 6) is 0.944. The van der Waals surface area contributed by atoms with Crippen molar-refractivity contribution in [1.29, 1.82) is 0 Å². The van der Waals surface area contributed by atoms with E-state index in [1.807, 2.05) is 19.1 Å². The van der Waals surface area contributed by atoms with E-state index in [-0.39, 0.29) is 24.2 Å². The Labute approximate surface area is 168 Å². The monoisotopic (exact) mass is 395 g/mol. The second-order valence-corrected chi connectivity index (χ2v) is 7.58. The smallest absolute Gasteiger partial charge is 0.260 e. The van der Waals surface area contributed by atoms with E-state index in [0.717, 1.165) is 36.8 Å². The lowest BCUT2D eigenvalue weighted by atomic mass is 9.86. The number of aryl methyl sites for hydroxylation is 1. The number of nitrogen functional groups attached to an aromatic ring is 1. The highest BCUT2D eigenvalue weighted by Crippen LogP contribution is 2.34.